The monoisotopic (exact) mass is 355 g/mol. The van der Waals surface area contributed by atoms with Gasteiger partial charge in [0.2, 0.25) is 5.88 Å². The van der Waals surface area contributed by atoms with Crippen LogP contribution in [0.15, 0.2) is 46.3 Å². The molecule has 2 aromatic heterocycles. The number of nitrogen functional groups attached to an aromatic ring is 1. The lowest BCUT2D eigenvalue weighted by molar-refractivity contribution is 0.0939. The number of thiophene rings is 1. The van der Waals surface area contributed by atoms with Gasteiger partial charge in [-0.3, -0.25) is 4.79 Å². The Labute approximate surface area is 150 Å². The average molecular weight is 355 g/mol. The molecule has 3 aromatic rings. The number of hydrogen-bond acceptors (Lipinski definition) is 5. The van der Waals surface area contributed by atoms with Crippen molar-refractivity contribution in [1.82, 2.24) is 10.5 Å². The van der Waals surface area contributed by atoms with Crippen LogP contribution >= 0.6 is 11.3 Å². The summed E-state index contributed by atoms with van der Waals surface area (Å²) in [5, 5.41) is 8.95. The highest BCUT2D eigenvalue weighted by Crippen LogP contribution is 2.33. The van der Waals surface area contributed by atoms with E-state index in [-0.39, 0.29) is 17.8 Å². The predicted octanol–water partition coefficient (Wildman–Crippen LogP) is 4.04. The summed E-state index contributed by atoms with van der Waals surface area (Å²) < 4.78 is 5.08. The predicted molar refractivity (Wildman–Crippen MR) is 101 cm³/mol. The summed E-state index contributed by atoms with van der Waals surface area (Å²) in [6, 6.07) is 12.2. The number of amides is 1. The van der Waals surface area contributed by atoms with Crippen molar-refractivity contribution in [3.8, 4) is 10.6 Å². The molecule has 1 atom stereocenters. The van der Waals surface area contributed by atoms with E-state index in [1.165, 1.54) is 16.9 Å². The molecule has 0 saturated heterocycles. The molecule has 1 aromatic carbocycles. The highest BCUT2D eigenvalue weighted by Gasteiger charge is 2.25. The Morgan fingerprint density at radius 3 is 2.76 bits per heavy atom. The number of benzene rings is 1. The van der Waals surface area contributed by atoms with E-state index in [1.54, 1.807) is 0 Å². The number of rotatable bonds is 6. The van der Waals surface area contributed by atoms with Crippen LogP contribution in [-0.4, -0.2) is 17.1 Å². The van der Waals surface area contributed by atoms with Crippen LogP contribution in [-0.2, 0) is 6.42 Å². The van der Waals surface area contributed by atoms with Gasteiger partial charge >= 0.3 is 0 Å². The number of nitrogens with one attached hydrogen (secondary N) is 1. The van der Waals surface area contributed by atoms with Crippen molar-refractivity contribution in [2.75, 3.05) is 5.73 Å². The van der Waals surface area contributed by atoms with Gasteiger partial charge in [-0.15, -0.1) is 11.3 Å². The van der Waals surface area contributed by atoms with Gasteiger partial charge in [0, 0.05) is 6.04 Å². The van der Waals surface area contributed by atoms with Gasteiger partial charge in [0.15, 0.2) is 0 Å². The minimum atomic E-state index is -0.248. The summed E-state index contributed by atoms with van der Waals surface area (Å²) in [7, 11) is 0. The lowest BCUT2D eigenvalue weighted by Crippen LogP contribution is -2.33. The second-order valence-corrected chi connectivity index (χ2v) is 7.02. The van der Waals surface area contributed by atoms with Crippen LogP contribution in [0.4, 0.5) is 5.88 Å². The van der Waals surface area contributed by atoms with Gasteiger partial charge in [0.05, 0.1) is 4.88 Å². The van der Waals surface area contributed by atoms with Gasteiger partial charge in [-0.05, 0) is 49.3 Å². The fourth-order valence-corrected chi connectivity index (χ4v) is 3.60. The molecule has 0 aliphatic carbocycles. The number of nitrogens with two attached hydrogens (primary N) is 1. The third-order valence-electron chi connectivity index (χ3n) is 4.11. The summed E-state index contributed by atoms with van der Waals surface area (Å²) in [6.07, 6.45) is 1.74. The number of aryl methyl sites for hydroxylation is 2. The number of aromatic nitrogens is 1. The molecule has 0 aliphatic rings. The van der Waals surface area contributed by atoms with Gasteiger partial charge in [0.1, 0.15) is 11.3 Å². The van der Waals surface area contributed by atoms with Crippen molar-refractivity contribution in [1.29, 1.82) is 0 Å². The molecule has 25 heavy (non-hydrogen) atoms. The minimum Gasteiger partial charge on any atom is -0.367 e. The SMILES string of the molecule is Cc1ccsc1-c1noc(N)c1C(=O)NC(C)CCc1ccccc1. The molecular weight excluding hydrogens is 334 g/mol. The van der Waals surface area contributed by atoms with E-state index in [0.717, 1.165) is 23.3 Å². The molecule has 0 spiro atoms. The number of carbonyl (C=O) groups excluding carboxylic acids is 1. The Kier molecular flexibility index (Phi) is 5.19. The van der Waals surface area contributed by atoms with Crippen molar-refractivity contribution >= 4 is 23.1 Å². The van der Waals surface area contributed by atoms with Gasteiger partial charge in [-0.25, -0.2) is 0 Å². The third-order valence-corrected chi connectivity index (χ3v) is 5.13. The zero-order valence-electron chi connectivity index (χ0n) is 14.3. The first-order valence-corrected chi connectivity index (χ1v) is 9.08. The Hall–Kier alpha value is -2.60. The molecule has 0 bridgehead atoms. The summed E-state index contributed by atoms with van der Waals surface area (Å²) in [6.45, 7) is 3.96. The lowest BCUT2D eigenvalue weighted by Gasteiger charge is -2.14. The van der Waals surface area contributed by atoms with E-state index in [9.17, 15) is 4.79 Å². The van der Waals surface area contributed by atoms with Gasteiger partial charge < -0.3 is 15.6 Å². The van der Waals surface area contributed by atoms with Gasteiger partial charge in [-0.1, -0.05) is 35.5 Å². The van der Waals surface area contributed by atoms with Crippen molar-refractivity contribution in [3.05, 3.63) is 58.5 Å². The van der Waals surface area contributed by atoms with E-state index < -0.39 is 0 Å². The number of nitrogens with zero attached hydrogens (tertiary/aromatic N) is 1. The zero-order valence-corrected chi connectivity index (χ0v) is 15.1. The first-order valence-electron chi connectivity index (χ1n) is 8.20. The van der Waals surface area contributed by atoms with Gasteiger partial charge in [0.25, 0.3) is 5.91 Å². The lowest BCUT2D eigenvalue weighted by atomic mass is 10.1. The fraction of sp³-hybridized carbons (Fsp3) is 0.263. The fourth-order valence-electron chi connectivity index (χ4n) is 2.69. The van der Waals surface area contributed by atoms with E-state index in [1.807, 2.05) is 43.5 Å². The van der Waals surface area contributed by atoms with Crippen LogP contribution in [0.1, 0.15) is 34.8 Å². The molecule has 130 valence electrons. The topological polar surface area (TPSA) is 81.2 Å². The van der Waals surface area contributed by atoms with E-state index in [2.05, 4.69) is 22.6 Å². The summed E-state index contributed by atoms with van der Waals surface area (Å²) in [4.78, 5) is 13.6. The molecule has 3 N–H and O–H groups in total. The van der Waals surface area contributed by atoms with Crippen LogP contribution in [0.5, 0.6) is 0 Å². The normalized spacial score (nSPS) is 12.1. The number of carbonyl (C=O) groups is 1. The molecule has 1 amide bonds. The van der Waals surface area contributed by atoms with Gasteiger partial charge in [-0.2, -0.15) is 0 Å². The highest BCUT2D eigenvalue weighted by atomic mass is 32.1. The maximum absolute atomic E-state index is 12.7. The molecule has 1 unspecified atom stereocenters. The van der Waals surface area contributed by atoms with Crippen molar-refractivity contribution in [2.24, 2.45) is 0 Å². The molecule has 0 fully saturated rings. The number of anilines is 1. The Bertz CT molecular complexity index is 855. The maximum atomic E-state index is 12.7. The second kappa shape index (κ2) is 7.53. The average Bonchev–Trinajstić information content (AvgIpc) is 3.19. The summed E-state index contributed by atoms with van der Waals surface area (Å²) in [5.74, 6) is -0.197. The van der Waals surface area contributed by atoms with E-state index in [4.69, 9.17) is 10.3 Å². The molecule has 5 nitrogen and oxygen atoms in total. The molecule has 0 aliphatic heterocycles. The quantitative estimate of drug-likeness (QED) is 0.699. The first kappa shape index (κ1) is 17.2. The zero-order chi connectivity index (χ0) is 17.8. The Morgan fingerprint density at radius 1 is 1.32 bits per heavy atom. The molecule has 0 saturated carbocycles. The minimum absolute atomic E-state index is 0.0132. The summed E-state index contributed by atoms with van der Waals surface area (Å²) in [5.41, 5.74) is 8.98. The molecule has 6 heteroatoms. The Morgan fingerprint density at radius 2 is 2.08 bits per heavy atom. The smallest absolute Gasteiger partial charge is 0.259 e. The van der Waals surface area contributed by atoms with Crippen LogP contribution in [0.25, 0.3) is 10.6 Å². The van der Waals surface area contributed by atoms with Crippen LogP contribution < -0.4 is 11.1 Å². The van der Waals surface area contributed by atoms with Crippen molar-refractivity contribution in [3.63, 3.8) is 0 Å². The third kappa shape index (κ3) is 3.91. The Balaban J connectivity index is 1.69. The first-order chi connectivity index (χ1) is 12.1. The summed E-state index contributed by atoms with van der Waals surface area (Å²) >= 11 is 1.52. The van der Waals surface area contributed by atoms with Crippen LogP contribution in [0, 0.1) is 6.92 Å². The standard InChI is InChI=1S/C19H21N3O2S/c1-12-10-11-25-17(12)16-15(18(20)24-22-16)19(23)21-13(2)8-9-14-6-4-3-5-7-14/h3-7,10-11,13H,8-9,20H2,1-2H3,(H,21,23). The number of hydrogen-bond donors (Lipinski definition) is 2. The molecular formula is C19H21N3O2S. The molecule has 3 rings (SSSR count). The van der Waals surface area contributed by atoms with Crippen molar-refractivity contribution in [2.45, 2.75) is 32.7 Å². The molecule has 2 heterocycles. The van der Waals surface area contributed by atoms with Crippen LogP contribution in [0.3, 0.4) is 0 Å². The van der Waals surface area contributed by atoms with E-state index in [0.29, 0.717) is 11.3 Å². The van der Waals surface area contributed by atoms with E-state index >= 15 is 0 Å². The highest BCUT2D eigenvalue weighted by molar-refractivity contribution is 7.13. The second-order valence-electron chi connectivity index (χ2n) is 6.10. The van der Waals surface area contributed by atoms with Crippen molar-refractivity contribution < 1.29 is 9.32 Å². The molecule has 0 radical (unpaired) electrons. The largest absolute Gasteiger partial charge is 0.367 e. The maximum Gasteiger partial charge on any atom is 0.259 e. The van der Waals surface area contributed by atoms with Crippen LogP contribution in [0.2, 0.25) is 0 Å².